The molecule has 0 saturated heterocycles. The Morgan fingerprint density at radius 1 is 0.326 bits per heavy atom. The maximum absolute atomic E-state index is 2.82. The highest BCUT2D eigenvalue weighted by molar-refractivity contribution is 7.71. The number of hydrogen-bond donors (Lipinski definition) is 0. The first-order chi connectivity index (χ1) is 22.6. The summed E-state index contributed by atoms with van der Waals surface area (Å²) in [6.45, 7) is 7.23. The molecule has 0 heterocycles. The molecule has 6 rings (SSSR count). The third-order valence-corrected chi connectivity index (χ3v) is 14.0. The number of hydrogen-bond acceptors (Lipinski definition) is 2. The molecule has 2 atom stereocenters. The van der Waals surface area contributed by atoms with E-state index >= 15 is 0 Å². The van der Waals surface area contributed by atoms with Crippen LogP contribution in [0, 0.1) is 0 Å². The lowest BCUT2D eigenvalue weighted by atomic mass is 10.1. The van der Waals surface area contributed by atoms with E-state index in [1.54, 1.807) is 0 Å². The van der Waals surface area contributed by atoms with Gasteiger partial charge >= 0.3 is 0 Å². The molecular weight excluding hydrogens is 594 g/mol. The summed E-state index contributed by atoms with van der Waals surface area (Å²) in [5.41, 5.74) is 2.65. The van der Waals surface area contributed by atoms with Gasteiger partial charge in [-0.05, 0) is 53.1 Å². The van der Waals surface area contributed by atoms with Crippen molar-refractivity contribution < 1.29 is 0 Å². The summed E-state index contributed by atoms with van der Waals surface area (Å²) in [6, 6.07) is 67.0. The predicted molar refractivity (Wildman–Crippen MR) is 201 cm³/mol. The first-order valence-corrected chi connectivity index (χ1v) is 18.7. The van der Waals surface area contributed by atoms with Crippen LogP contribution in [0.15, 0.2) is 182 Å². The molecule has 0 aliphatic carbocycles. The van der Waals surface area contributed by atoms with Crippen molar-refractivity contribution in [2.75, 3.05) is 0 Å². The minimum atomic E-state index is -0.903. The molecule has 4 heteroatoms. The number of rotatable bonds is 12. The molecule has 0 aliphatic rings. The third-order valence-electron chi connectivity index (χ3n) is 8.59. The normalized spacial score (nSPS) is 13.6. The summed E-state index contributed by atoms with van der Waals surface area (Å²) < 4.78 is 5.63. The van der Waals surface area contributed by atoms with E-state index in [0.29, 0.717) is 0 Å². The van der Waals surface area contributed by atoms with Gasteiger partial charge in [-0.15, -0.1) is 0 Å². The Hall–Kier alpha value is -3.90. The lowest BCUT2D eigenvalue weighted by Crippen LogP contribution is -2.48. The average Bonchev–Trinajstić information content (AvgIpc) is 3.14. The molecule has 0 saturated carbocycles. The van der Waals surface area contributed by atoms with Crippen LogP contribution in [0.3, 0.4) is 0 Å². The second kappa shape index (κ2) is 15.6. The predicted octanol–water partition coefficient (Wildman–Crippen LogP) is 9.55. The van der Waals surface area contributed by atoms with Crippen molar-refractivity contribution in [2.45, 2.75) is 39.0 Å². The van der Waals surface area contributed by atoms with Gasteiger partial charge in [-0.1, -0.05) is 182 Å². The largest absolute Gasteiger partial charge is 0.251 e. The van der Waals surface area contributed by atoms with Gasteiger partial charge in [0.1, 0.15) is 0 Å². The second-order valence-corrected chi connectivity index (χ2v) is 15.8. The van der Waals surface area contributed by atoms with Crippen LogP contribution >= 0.6 is 16.1 Å². The lowest BCUT2D eigenvalue weighted by molar-refractivity contribution is 0.151. The van der Waals surface area contributed by atoms with Crippen molar-refractivity contribution in [3.05, 3.63) is 193 Å². The van der Waals surface area contributed by atoms with Crippen molar-refractivity contribution in [3.8, 4) is 0 Å². The zero-order valence-electron chi connectivity index (χ0n) is 26.8. The van der Waals surface area contributed by atoms with Crippen LogP contribution in [0.5, 0.6) is 0 Å². The number of nitrogens with zero attached hydrogens (tertiary/aromatic N) is 2. The van der Waals surface area contributed by atoms with E-state index in [1.165, 1.54) is 32.3 Å². The summed E-state index contributed by atoms with van der Waals surface area (Å²) in [6.07, 6.45) is 0.0588. The SMILES string of the molecule is CC(c1ccccc1)N(C(C)N(C(C)c1ccccc1)P(c1ccccc1)c1ccccc1)P(c1ccccc1)c1ccccc1. The molecule has 6 aromatic carbocycles. The van der Waals surface area contributed by atoms with Crippen LogP contribution in [0.1, 0.15) is 44.0 Å². The van der Waals surface area contributed by atoms with Gasteiger partial charge in [0.2, 0.25) is 0 Å². The Morgan fingerprint density at radius 3 is 0.783 bits per heavy atom. The Kier molecular flexibility index (Phi) is 10.9. The van der Waals surface area contributed by atoms with Crippen molar-refractivity contribution in [1.82, 2.24) is 9.34 Å². The molecule has 0 spiro atoms. The minimum Gasteiger partial charge on any atom is -0.251 e. The van der Waals surface area contributed by atoms with Gasteiger partial charge < -0.3 is 0 Å². The lowest BCUT2D eigenvalue weighted by Gasteiger charge is -2.50. The summed E-state index contributed by atoms with van der Waals surface area (Å²) >= 11 is 0. The smallest absolute Gasteiger partial charge is 0.0687 e. The molecule has 0 bridgehead atoms. The summed E-state index contributed by atoms with van der Waals surface area (Å²) in [5.74, 6) is 0. The molecular formula is C42H42N2P2. The fourth-order valence-corrected chi connectivity index (χ4v) is 11.7. The molecule has 2 unspecified atom stereocenters. The van der Waals surface area contributed by atoms with E-state index < -0.39 is 16.1 Å². The van der Waals surface area contributed by atoms with Gasteiger partial charge in [-0.25, -0.2) is 0 Å². The molecule has 0 N–H and O–H groups in total. The maximum Gasteiger partial charge on any atom is 0.0687 e. The highest BCUT2D eigenvalue weighted by Gasteiger charge is 2.40. The van der Waals surface area contributed by atoms with Crippen molar-refractivity contribution >= 4 is 37.4 Å². The third kappa shape index (κ3) is 7.23. The molecule has 0 aliphatic heterocycles. The van der Waals surface area contributed by atoms with Crippen LogP contribution in [0.25, 0.3) is 0 Å². The monoisotopic (exact) mass is 636 g/mol. The van der Waals surface area contributed by atoms with Crippen LogP contribution in [0.2, 0.25) is 0 Å². The van der Waals surface area contributed by atoms with E-state index in [1.807, 2.05) is 0 Å². The van der Waals surface area contributed by atoms with Gasteiger partial charge in [0.15, 0.2) is 0 Å². The fourth-order valence-electron chi connectivity index (χ4n) is 6.33. The van der Waals surface area contributed by atoms with E-state index in [0.717, 1.165) is 0 Å². The first-order valence-electron chi connectivity index (χ1n) is 16.1. The first kappa shape index (κ1) is 32.1. The molecule has 0 aromatic heterocycles. The molecule has 0 radical (unpaired) electrons. The Balaban J connectivity index is 1.60. The maximum atomic E-state index is 2.82. The van der Waals surface area contributed by atoms with Gasteiger partial charge in [0.25, 0.3) is 0 Å². The zero-order valence-corrected chi connectivity index (χ0v) is 28.6. The highest BCUT2D eigenvalue weighted by Crippen LogP contribution is 2.53. The van der Waals surface area contributed by atoms with Gasteiger partial charge in [0, 0.05) is 28.2 Å². The van der Waals surface area contributed by atoms with E-state index in [9.17, 15) is 0 Å². The average molecular weight is 637 g/mol. The molecule has 0 amide bonds. The van der Waals surface area contributed by atoms with Crippen molar-refractivity contribution in [2.24, 2.45) is 0 Å². The summed E-state index contributed by atoms with van der Waals surface area (Å²) in [7, 11) is -1.81. The molecule has 0 fully saturated rings. The summed E-state index contributed by atoms with van der Waals surface area (Å²) in [4.78, 5) is 0. The molecule has 46 heavy (non-hydrogen) atoms. The van der Waals surface area contributed by atoms with E-state index in [-0.39, 0.29) is 18.2 Å². The standard InChI is InChI=1S/C42H42N2P2/c1-34(37-22-10-4-11-23-37)43(45(39-26-14-6-15-27-39)40-28-16-7-17-29-40)36(3)44(35(2)38-24-12-5-13-25-38)46(41-30-18-8-19-31-41)42-32-20-9-21-33-42/h4-36H,1-3H3. The Morgan fingerprint density at radius 2 is 0.543 bits per heavy atom. The minimum absolute atomic E-state index is 0.0588. The Labute approximate surface area is 278 Å². The van der Waals surface area contributed by atoms with Crippen LogP contribution in [0.4, 0.5) is 0 Å². The molecule has 230 valence electrons. The highest BCUT2D eigenvalue weighted by atomic mass is 31.1. The van der Waals surface area contributed by atoms with E-state index in [4.69, 9.17) is 0 Å². The second-order valence-electron chi connectivity index (χ2n) is 11.5. The quantitative estimate of drug-likeness (QED) is 0.0975. The van der Waals surface area contributed by atoms with Crippen molar-refractivity contribution in [3.63, 3.8) is 0 Å². The van der Waals surface area contributed by atoms with Crippen LogP contribution in [-0.2, 0) is 0 Å². The van der Waals surface area contributed by atoms with Gasteiger partial charge in [0.05, 0.1) is 6.17 Å². The topological polar surface area (TPSA) is 6.48 Å². The van der Waals surface area contributed by atoms with Crippen LogP contribution in [-0.4, -0.2) is 15.5 Å². The van der Waals surface area contributed by atoms with E-state index in [2.05, 4.69) is 212 Å². The van der Waals surface area contributed by atoms with Gasteiger partial charge in [-0.3, -0.25) is 9.34 Å². The number of benzene rings is 6. The Bertz CT molecular complexity index is 1530. The summed E-state index contributed by atoms with van der Waals surface area (Å²) in [5, 5.41) is 5.42. The van der Waals surface area contributed by atoms with Crippen molar-refractivity contribution in [1.29, 1.82) is 0 Å². The fraction of sp³-hybridized carbons (Fsp3) is 0.143. The zero-order chi connectivity index (χ0) is 31.7. The van der Waals surface area contributed by atoms with Crippen LogP contribution < -0.4 is 21.2 Å². The molecule has 6 aromatic rings. The van der Waals surface area contributed by atoms with Gasteiger partial charge in [-0.2, -0.15) is 0 Å². The molecule has 2 nitrogen and oxygen atoms in total.